The molecule has 13 rings (SSSR count). The SMILES string of the molecule is C1=Cc2cc3[nH]c(c(-c4ccccc4)c4nc(cc5ccc(cc1n2)[nH]5)C=C4c1ccccc1)c(-c1ccccc1)c3-c1ccccc1.Fc1c(F)c(F)c([B-](c2c(F)c(F)c(F)c(F)c2F)(c2c(F)c(F)c(F)c(F)c2F)c2c(F)c(F)c(F)c(F)c2F)c(F)c1F.[Mn+2]. The number of aromatic nitrogens is 4. The number of benzene rings is 8. The van der Waals surface area contributed by atoms with Crippen molar-refractivity contribution in [3.63, 3.8) is 0 Å². The molecule has 471 valence electrons. The van der Waals surface area contributed by atoms with E-state index in [0.29, 0.717) is 0 Å². The van der Waals surface area contributed by atoms with E-state index in [-0.39, 0.29) is 17.1 Å². The Morgan fingerprint density at radius 2 is 0.574 bits per heavy atom. The van der Waals surface area contributed by atoms with Crippen LogP contribution in [0.5, 0.6) is 0 Å². The van der Waals surface area contributed by atoms with Gasteiger partial charge in [-0.3, -0.25) is 0 Å². The minimum Gasteiger partial charge on any atom is -0.355 e. The first-order valence-corrected chi connectivity index (χ1v) is 27.1. The minimum absolute atomic E-state index is 0. The predicted octanol–water partition coefficient (Wildman–Crippen LogP) is 16.9. The summed E-state index contributed by atoms with van der Waals surface area (Å²) in [5.41, 5.74) is 2.01. The third-order valence-electron chi connectivity index (χ3n) is 15.6. The van der Waals surface area contributed by atoms with E-state index in [9.17, 15) is 52.7 Å². The van der Waals surface area contributed by atoms with Crippen molar-refractivity contribution in [1.29, 1.82) is 0 Å². The first-order chi connectivity index (χ1) is 44.5. The first kappa shape index (κ1) is 65.1. The Morgan fingerprint density at radius 1 is 0.277 bits per heavy atom. The second-order valence-electron chi connectivity index (χ2n) is 20.8. The van der Waals surface area contributed by atoms with Crippen LogP contribution >= 0.6 is 0 Å². The van der Waals surface area contributed by atoms with Crippen LogP contribution in [0, 0.1) is 116 Å². The minimum atomic E-state index is -7.22. The number of rotatable bonds is 8. The Morgan fingerprint density at radius 3 is 0.936 bits per heavy atom. The summed E-state index contributed by atoms with van der Waals surface area (Å²) in [4.78, 5) is 17.9. The van der Waals surface area contributed by atoms with Gasteiger partial charge in [-0.1, -0.05) is 121 Å². The molecule has 2 aliphatic heterocycles. The van der Waals surface area contributed by atoms with Gasteiger partial charge in [-0.25, -0.2) is 97.8 Å². The van der Waals surface area contributed by atoms with Gasteiger partial charge in [0.05, 0.1) is 28.3 Å². The Bertz CT molecular complexity index is 4760. The standard InChI is InChI=1S/C44H30N4.C24BF20.Mn/c1-5-13-29(14-6-1)38-27-37-26-35-22-21-33(45-35)25-34-23-24-36(46-34)28-39-40(30-15-7-2-8-16-30)41(31-17-9-3-10-18-31)44(48-39)42(43(38)47-37)32-19-11-4-12-20-32;26-5-1(6(27)14(35)21(42)13(5)34)25(2-7(28)15(36)22(43)16(37)8(2)29,3-9(30)17(38)23(44)18(39)10(3)31)4-11(32)19(40)24(45)20(41)12(4)33;/h1-28,45,48H;;/q;-1;+2. The molecule has 0 unspecified atom stereocenters. The molecule has 0 aliphatic carbocycles. The zero-order valence-electron chi connectivity index (χ0n) is 46.6. The number of nitrogens with zero attached hydrogens (tertiary/aromatic N) is 2. The summed E-state index contributed by atoms with van der Waals surface area (Å²) in [5.74, 6) is -71.4. The number of fused-ring (bicyclic) bond motifs is 8. The monoisotopic (exact) mass is 1350 g/mol. The van der Waals surface area contributed by atoms with Gasteiger partial charge in [0.2, 0.25) is 0 Å². The molecule has 0 saturated carbocycles. The van der Waals surface area contributed by atoms with Gasteiger partial charge in [0, 0.05) is 38.8 Å². The van der Waals surface area contributed by atoms with E-state index >= 15 is 35.1 Å². The molecule has 3 aromatic heterocycles. The largest absolute Gasteiger partial charge is 2.00 e. The molecule has 2 N–H and O–H groups in total. The Balaban J connectivity index is 0.000000190. The molecule has 11 aromatic rings. The topological polar surface area (TPSA) is 57.4 Å². The van der Waals surface area contributed by atoms with Crippen molar-refractivity contribution in [1.82, 2.24) is 19.9 Å². The van der Waals surface area contributed by atoms with Crippen LogP contribution in [0.1, 0.15) is 28.3 Å². The fraction of sp³-hybridized carbons (Fsp3) is 0. The van der Waals surface area contributed by atoms with Gasteiger partial charge >= 0.3 is 17.1 Å². The molecule has 1 radical (unpaired) electrons. The van der Waals surface area contributed by atoms with E-state index in [0.717, 1.165) is 89.4 Å². The first-order valence-electron chi connectivity index (χ1n) is 27.1. The summed E-state index contributed by atoms with van der Waals surface area (Å²) in [6, 6.07) is 53.0. The summed E-state index contributed by atoms with van der Waals surface area (Å²) >= 11 is 0. The van der Waals surface area contributed by atoms with E-state index in [4.69, 9.17) is 9.97 Å². The quantitative estimate of drug-likeness (QED) is 0.0689. The number of hydrogen-bond donors (Lipinski definition) is 2. The summed E-state index contributed by atoms with van der Waals surface area (Å²) in [5, 5.41) is 0. The van der Waals surface area contributed by atoms with Gasteiger partial charge < -0.3 is 9.97 Å². The zero-order chi connectivity index (χ0) is 66.2. The fourth-order valence-electron chi connectivity index (χ4n) is 11.7. The van der Waals surface area contributed by atoms with Crippen molar-refractivity contribution in [3.8, 4) is 33.4 Å². The van der Waals surface area contributed by atoms with E-state index in [1.807, 2.05) is 0 Å². The molecule has 0 amide bonds. The average Bonchev–Trinajstić information content (AvgIpc) is 1.27. The number of nitrogens with one attached hydrogen (secondary N) is 2. The van der Waals surface area contributed by atoms with Crippen LogP contribution in [-0.2, 0) is 17.1 Å². The summed E-state index contributed by atoms with van der Waals surface area (Å²) in [6.07, 6.45) is -0.865. The van der Waals surface area contributed by atoms with E-state index in [2.05, 4.69) is 180 Å². The van der Waals surface area contributed by atoms with E-state index in [1.165, 1.54) is 0 Å². The molecule has 26 heteroatoms. The van der Waals surface area contributed by atoms with Crippen molar-refractivity contribution in [2.24, 2.45) is 0 Å². The maximum absolute atomic E-state index is 15.4. The van der Waals surface area contributed by atoms with Crippen LogP contribution in [0.2, 0.25) is 0 Å². The molecule has 8 aromatic carbocycles. The number of hydrogen-bond acceptors (Lipinski definition) is 2. The molecule has 0 saturated heterocycles. The molecule has 0 spiro atoms. The van der Waals surface area contributed by atoms with Crippen LogP contribution in [0.25, 0.3) is 79.2 Å². The molecular weight excluding hydrogens is 1320 g/mol. The number of H-pyrrole nitrogens is 2. The molecule has 0 fully saturated rings. The molecular formula is C68H30BF20MnN4+. The van der Waals surface area contributed by atoms with Gasteiger partial charge in [0.1, 0.15) is 52.7 Å². The normalized spacial score (nSPS) is 12.0. The molecule has 0 atom stereocenters. The van der Waals surface area contributed by atoms with Crippen molar-refractivity contribution in [3.05, 3.63) is 296 Å². The van der Waals surface area contributed by atoms with Gasteiger partial charge in [-0.15, -0.1) is 21.9 Å². The molecule has 2 aliphatic rings. The van der Waals surface area contributed by atoms with Gasteiger partial charge in [-0.05, 0) is 70.8 Å². The second kappa shape index (κ2) is 25.2. The van der Waals surface area contributed by atoms with Crippen molar-refractivity contribution in [2.45, 2.75) is 0 Å². The van der Waals surface area contributed by atoms with E-state index < -0.39 is 144 Å². The van der Waals surface area contributed by atoms with Crippen molar-refractivity contribution in [2.75, 3.05) is 0 Å². The van der Waals surface area contributed by atoms with Crippen LogP contribution in [0.3, 0.4) is 0 Å². The summed E-state index contributed by atoms with van der Waals surface area (Å²) in [6.45, 7) is 0. The van der Waals surface area contributed by atoms with Crippen LogP contribution in [0.4, 0.5) is 87.8 Å². The van der Waals surface area contributed by atoms with Gasteiger partial charge in [0.15, 0.2) is 69.8 Å². The fourth-order valence-corrected chi connectivity index (χ4v) is 11.7. The smallest absolute Gasteiger partial charge is 0.355 e. The second-order valence-corrected chi connectivity index (χ2v) is 20.8. The molecule has 94 heavy (non-hydrogen) atoms. The van der Waals surface area contributed by atoms with Crippen LogP contribution in [0.15, 0.2) is 152 Å². The third kappa shape index (κ3) is 10.6. The number of halogens is 20. The molecule has 8 bridgehead atoms. The van der Waals surface area contributed by atoms with Crippen LogP contribution < -0.4 is 21.9 Å². The maximum Gasteiger partial charge on any atom is 2.00 e. The Kier molecular flexibility index (Phi) is 17.4. The maximum atomic E-state index is 15.4. The van der Waals surface area contributed by atoms with Crippen molar-refractivity contribution >= 4 is 73.9 Å². The average molecular weight is 1350 g/mol. The molecule has 5 heterocycles. The summed E-state index contributed by atoms with van der Waals surface area (Å²) < 4.78 is 294. The predicted molar refractivity (Wildman–Crippen MR) is 309 cm³/mol. The zero-order valence-corrected chi connectivity index (χ0v) is 47.8. The summed E-state index contributed by atoms with van der Waals surface area (Å²) in [7, 11) is 0. The number of aromatic amines is 2. The Labute approximate surface area is 526 Å². The van der Waals surface area contributed by atoms with Gasteiger partial charge in [-0.2, -0.15) is 0 Å². The van der Waals surface area contributed by atoms with E-state index in [1.54, 1.807) is 0 Å². The molecule has 4 nitrogen and oxygen atoms in total. The van der Waals surface area contributed by atoms with Crippen molar-refractivity contribution < 1.29 is 105 Å². The van der Waals surface area contributed by atoms with Gasteiger partial charge in [0.25, 0.3) is 0 Å². The Hall–Kier alpha value is -10.5. The van der Waals surface area contributed by atoms with Crippen LogP contribution in [-0.4, -0.2) is 26.1 Å². The third-order valence-corrected chi connectivity index (χ3v) is 15.6.